The van der Waals surface area contributed by atoms with Crippen molar-refractivity contribution in [2.75, 3.05) is 56.8 Å². The van der Waals surface area contributed by atoms with E-state index < -0.39 is 41.3 Å². The lowest BCUT2D eigenvalue weighted by atomic mass is 9.77. The molecular weight excluding hydrogens is 1290 g/mol. The molecule has 7 aromatic carbocycles. The van der Waals surface area contributed by atoms with Gasteiger partial charge in [0.25, 0.3) is 11.8 Å². The molecule has 0 fully saturated rings. The van der Waals surface area contributed by atoms with Crippen LogP contribution in [0.3, 0.4) is 0 Å². The van der Waals surface area contributed by atoms with Crippen LogP contribution in [0.5, 0.6) is 0 Å². The number of imide groups is 1. The molecule has 3 aliphatic rings. The number of aryl methyl sites for hydroxylation is 3. The highest BCUT2D eigenvalue weighted by molar-refractivity contribution is 6.22. The first-order valence-corrected chi connectivity index (χ1v) is 36.8. The maximum absolute atomic E-state index is 13.9. The smallest absolute Gasteiger partial charge is 0.360 e. The van der Waals surface area contributed by atoms with Gasteiger partial charge in [-0.1, -0.05) is 188 Å². The normalized spacial score (nSPS) is 15.1. The molecule has 0 N–H and O–H groups in total. The SMILES string of the molecule is CCCCCCCCC1C(C)=C(C2(c3ccc(N(CCCCCC)CCCCCC)cc3C)OC(=O)c3nccnc32)c2ccccc21.CCN(c1ccc(C)cc1)c1ccc(C(=Nc2cc(C(=O)OC)ccc2C(=O)OC)c2ccccc2C(=O)OCCN2C(=O)c3ccccc3C2=O)c(C)c1. The standard InChI is InChI=1S/C44H39N3O8.C43H59N3O2/c1-6-46(30-18-15-27(2)16-19-30)31-20-22-32(28(3)25-31)39(45-38-26-29(42(50)53-4)17-21-37(38)43(51)54-5)33-11-7-10-14-36(33)44(52)55-24-23-47-40(48)34-12-8-9-13-35(34)41(47)49;1-6-9-12-15-16-17-22-35-33(5)39(37-24-19-18-23-36(35)37)43(41-40(42(47)48-43)44-27-28-45-41)38-26-25-34(31-32(38)4)46(29-20-13-10-7-2)30-21-14-11-8-3/h7-22,25-26H,6,23-24H2,1-5H3;18-19,23-28,31,35H,6-17,20-22,29-30H2,1-5H3. The number of cyclic esters (lactones) is 1. The van der Waals surface area contributed by atoms with Gasteiger partial charge < -0.3 is 28.7 Å². The molecule has 103 heavy (non-hydrogen) atoms. The summed E-state index contributed by atoms with van der Waals surface area (Å²) in [7, 11) is 2.50. The van der Waals surface area contributed by atoms with Gasteiger partial charge >= 0.3 is 23.9 Å². The lowest BCUT2D eigenvalue weighted by Crippen LogP contribution is -2.33. The van der Waals surface area contributed by atoms with Gasteiger partial charge in [-0.25, -0.2) is 29.2 Å². The van der Waals surface area contributed by atoms with E-state index >= 15 is 0 Å². The van der Waals surface area contributed by atoms with Gasteiger partial charge in [-0.3, -0.25) is 19.5 Å². The third-order valence-electron chi connectivity index (χ3n) is 20.0. The Bertz CT molecular complexity index is 4400. The number of hydrogen-bond donors (Lipinski definition) is 0. The van der Waals surface area contributed by atoms with Crippen LogP contribution in [0.1, 0.15) is 249 Å². The molecule has 16 heteroatoms. The van der Waals surface area contributed by atoms with Crippen molar-refractivity contribution >= 4 is 69.7 Å². The Balaban J connectivity index is 0.000000224. The number of hydrogen-bond acceptors (Lipinski definition) is 15. The zero-order valence-electron chi connectivity index (χ0n) is 61.6. The monoisotopic (exact) mass is 1390 g/mol. The molecule has 2 atom stereocenters. The molecule has 0 spiro atoms. The number of aromatic nitrogens is 2. The number of fused-ring (bicyclic) bond motifs is 3. The number of carbonyl (C=O) groups is 6. The molecule has 3 heterocycles. The van der Waals surface area contributed by atoms with Crippen molar-refractivity contribution in [3.05, 3.63) is 253 Å². The fourth-order valence-electron chi connectivity index (χ4n) is 14.6. The van der Waals surface area contributed by atoms with Gasteiger partial charge in [-0.05, 0) is 149 Å². The van der Waals surface area contributed by atoms with Gasteiger partial charge in [0.05, 0.1) is 60.0 Å². The highest BCUT2D eigenvalue weighted by atomic mass is 16.6. The summed E-state index contributed by atoms with van der Waals surface area (Å²) in [6.07, 6.45) is 22.0. The molecule has 536 valence electrons. The molecule has 0 bridgehead atoms. The third kappa shape index (κ3) is 16.8. The zero-order chi connectivity index (χ0) is 73.2. The van der Waals surface area contributed by atoms with E-state index in [2.05, 4.69) is 123 Å². The van der Waals surface area contributed by atoms with Gasteiger partial charge in [-0.15, -0.1) is 0 Å². The summed E-state index contributed by atoms with van der Waals surface area (Å²) in [4.78, 5) is 99.1. The Kier molecular flexibility index (Phi) is 26.0. The van der Waals surface area contributed by atoms with Crippen LogP contribution in [0.4, 0.5) is 22.7 Å². The van der Waals surface area contributed by atoms with E-state index in [4.69, 9.17) is 28.9 Å². The van der Waals surface area contributed by atoms with E-state index in [-0.39, 0.29) is 35.5 Å². The quantitative estimate of drug-likeness (QED) is 0.0127. The second-order valence-electron chi connectivity index (χ2n) is 26.9. The maximum Gasteiger partial charge on any atom is 0.360 e. The van der Waals surface area contributed by atoms with Crippen LogP contribution in [0.25, 0.3) is 5.57 Å². The summed E-state index contributed by atoms with van der Waals surface area (Å²) in [5, 5.41) is 0. The number of allylic oxidation sites excluding steroid dienone is 1. The number of rotatable bonds is 32. The molecule has 2 aliphatic heterocycles. The summed E-state index contributed by atoms with van der Waals surface area (Å²) in [6.45, 7) is 19.7. The Morgan fingerprint density at radius 3 is 1.77 bits per heavy atom. The molecule has 1 aliphatic carbocycles. The molecule has 2 amide bonds. The number of unbranched alkanes of at least 4 members (excludes halogenated alkanes) is 11. The number of amides is 2. The Hall–Kier alpha value is -10.4. The van der Waals surface area contributed by atoms with E-state index in [1.807, 2.05) is 32.0 Å². The first-order valence-electron chi connectivity index (χ1n) is 36.8. The highest BCUT2D eigenvalue weighted by Gasteiger charge is 2.56. The van der Waals surface area contributed by atoms with E-state index in [0.717, 1.165) is 63.6 Å². The predicted molar refractivity (Wildman–Crippen MR) is 408 cm³/mol. The van der Waals surface area contributed by atoms with Gasteiger partial charge in [0.15, 0.2) is 5.69 Å². The van der Waals surface area contributed by atoms with Crippen LogP contribution >= 0.6 is 0 Å². The minimum absolute atomic E-state index is 0.0828. The number of anilines is 3. The number of methoxy groups -OCH3 is 2. The van der Waals surface area contributed by atoms with Crippen LogP contribution in [0.15, 0.2) is 175 Å². The number of nitrogens with zero attached hydrogens (tertiary/aromatic N) is 6. The Labute approximate surface area is 607 Å². The van der Waals surface area contributed by atoms with Crippen molar-refractivity contribution in [2.45, 2.75) is 163 Å². The average Bonchev–Trinajstić information content (AvgIpc) is 1.55. The molecule has 0 saturated carbocycles. The largest absolute Gasteiger partial charge is 0.465 e. The minimum Gasteiger partial charge on any atom is -0.465 e. The van der Waals surface area contributed by atoms with Crippen LogP contribution in [-0.4, -0.2) is 103 Å². The lowest BCUT2D eigenvalue weighted by Gasteiger charge is -2.34. The molecule has 11 rings (SSSR count). The molecule has 2 unspecified atom stereocenters. The summed E-state index contributed by atoms with van der Waals surface area (Å²) in [6, 6.07) is 47.2. The molecule has 8 aromatic rings. The first kappa shape index (κ1) is 75.3. The fraction of sp³-hybridized carbons (Fsp3) is 0.368. The number of carbonyl (C=O) groups excluding carboxylic acids is 6. The predicted octanol–water partition coefficient (Wildman–Crippen LogP) is 19.1. The average molecular weight is 1390 g/mol. The zero-order valence-corrected chi connectivity index (χ0v) is 61.6. The summed E-state index contributed by atoms with van der Waals surface area (Å²) in [5.74, 6) is -3.05. The Morgan fingerprint density at radius 2 is 1.13 bits per heavy atom. The van der Waals surface area contributed by atoms with Gasteiger partial charge in [0.2, 0.25) is 5.60 Å². The van der Waals surface area contributed by atoms with Crippen molar-refractivity contribution in [2.24, 2.45) is 4.99 Å². The number of esters is 4. The lowest BCUT2D eigenvalue weighted by molar-refractivity contribution is 0.0290. The van der Waals surface area contributed by atoms with Crippen LogP contribution in [0.2, 0.25) is 0 Å². The van der Waals surface area contributed by atoms with Crippen molar-refractivity contribution in [1.29, 1.82) is 0 Å². The Morgan fingerprint density at radius 1 is 0.553 bits per heavy atom. The van der Waals surface area contributed by atoms with E-state index in [9.17, 15) is 28.8 Å². The van der Waals surface area contributed by atoms with Gasteiger partial charge in [-0.2, -0.15) is 0 Å². The topological polar surface area (TPSA) is 187 Å². The van der Waals surface area contributed by atoms with Crippen LogP contribution in [-0.2, 0) is 24.5 Å². The second kappa shape index (κ2) is 35.5. The molecule has 1 aromatic heterocycles. The van der Waals surface area contributed by atoms with E-state index in [1.165, 1.54) is 145 Å². The van der Waals surface area contributed by atoms with Crippen LogP contribution in [0, 0.1) is 20.8 Å². The second-order valence-corrected chi connectivity index (χ2v) is 26.9. The van der Waals surface area contributed by atoms with Crippen molar-refractivity contribution in [1.82, 2.24) is 14.9 Å². The molecule has 16 nitrogen and oxygen atoms in total. The highest BCUT2D eigenvalue weighted by Crippen LogP contribution is 2.58. The molecule has 0 saturated heterocycles. The molecule has 0 radical (unpaired) electrons. The summed E-state index contributed by atoms with van der Waals surface area (Å²) < 4.78 is 22.3. The fourth-order valence-corrected chi connectivity index (χ4v) is 14.6. The summed E-state index contributed by atoms with van der Waals surface area (Å²) in [5.41, 5.74) is 14.3. The number of benzene rings is 7. The number of aliphatic imine (C=N–C) groups is 1. The van der Waals surface area contributed by atoms with Crippen molar-refractivity contribution < 1.29 is 47.7 Å². The van der Waals surface area contributed by atoms with Gasteiger partial charge in [0.1, 0.15) is 12.3 Å². The first-order chi connectivity index (χ1) is 50.0. The van der Waals surface area contributed by atoms with Gasteiger partial charge in [0, 0.05) is 77.3 Å². The van der Waals surface area contributed by atoms with Crippen molar-refractivity contribution in [3.8, 4) is 0 Å². The summed E-state index contributed by atoms with van der Waals surface area (Å²) >= 11 is 0. The van der Waals surface area contributed by atoms with Crippen LogP contribution < -0.4 is 9.80 Å². The van der Waals surface area contributed by atoms with E-state index in [1.54, 1.807) is 60.9 Å². The minimum atomic E-state index is -1.15. The van der Waals surface area contributed by atoms with Crippen molar-refractivity contribution in [3.63, 3.8) is 0 Å². The molecular formula is C87H98N6O10. The maximum atomic E-state index is 13.9. The number of ether oxygens (including phenoxy) is 4. The van der Waals surface area contributed by atoms with E-state index in [0.29, 0.717) is 51.8 Å². The third-order valence-corrected chi connectivity index (χ3v) is 20.0.